The molecule has 0 saturated carbocycles. The number of nitrogens with zero attached hydrogens (tertiary/aromatic N) is 2. The van der Waals surface area contributed by atoms with Crippen molar-refractivity contribution in [2.75, 3.05) is 18.4 Å². The molecule has 0 atom stereocenters. The Hall–Kier alpha value is -1.71. The molecule has 7 nitrogen and oxygen atoms in total. The Bertz CT molecular complexity index is 687. The average Bonchev–Trinajstić information content (AvgIpc) is 2.96. The van der Waals surface area contributed by atoms with E-state index in [0.29, 0.717) is 12.3 Å². The van der Waals surface area contributed by atoms with E-state index >= 15 is 0 Å². The van der Waals surface area contributed by atoms with Gasteiger partial charge in [-0.3, -0.25) is 4.72 Å². The number of anilines is 1. The molecular weight excluding hydrogens is 312 g/mol. The SMILES string of the molecule is CCNCc1ccc(S(=O)(=O)Nc2nncs2)c(OC)c1. The van der Waals surface area contributed by atoms with Gasteiger partial charge in [-0.05, 0) is 24.2 Å². The van der Waals surface area contributed by atoms with Crippen LogP contribution < -0.4 is 14.8 Å². The molecule has 0 aliphatic rings. The summed E-state index contributed by atoms with van der Waals surface area (Å²) in [6.45, 7) is 3.49. The third-order valence-electron chi connectivity index (χ3n) is 2.68. The molecule has 21 heavy (non-hydrogen) atoms. The van der Waals surface area contributed by atoms with Gasteiger partial charge in [0.05, 0.1) is 7.11 Å². The number of hydrogen-bond donors (Lipinski definition) is 2. The molecule has 9 heteroatoms. The van der Waals surface area contributed by atoms with Crippen LogP contribution in [0.4, 0.5) is 5.13 Å². The molecule has 2 rings (SSSR count). The summed E-state index contributed by atoms with van der Waals surface area (Å²) in [6.07, 6.45) is 0. The summed E-state index contributed by atoms with van der Waals surface area (Å²) < 4.78 is 32.2. The van der Waals surface area contributed by atoms with E-state index in [4.69, 9.17) is 4.74 Å². The van der Waals surface area contributed by atoms with E-state index in [1.807, 2.05) is 6.92 Å². The zero-order chi connectivity index (χ0) is 15.3. The van der Waals surface area contributed by atoms with Crippen LogP contribution in [0.3, 0.4) is 0 Å². The van der Waals surface area contributed by atoms with Crippen molar-refractivity contribution in [1.82, 2.24) is 15.5 Å². The van der Waals surface area contributed by atoms with E-state index in [-0.39, 0.29) is 10.0 Å². The maximum atomic E-state index is 12.3. The summed E-state index contributed by atoms with van der Waals surface area (Å²) >= 11 is 1.11. The van der Waals surface area contributed by atoms with Crippen molar-refractivity contribution in [2.45, 2.75) is 18.4 Å². The smallest absolute Gasteiger partial charge is 0.267 e. The van der Waals surface area contributed by atoms with Gasteiger partial charge in [0, 0.05) is 6.54 Å². The first-order valence-corrected chi connectivity index (χ1v) is 8.59. The van der Waals surface area contributed by atoms with E-state index in [2.05, 4.69) is 20.2 Å². The summed E-state index contributed by atoms with van der Waals surface area (Å²) in [7, 11) is -2.31. The van der Waals surface area contributed by atoms with Gasteiger partial charge in [0.25, 0.3) is 10.0 Å². The average molecular weight is 328 g/mol. The molecule has 0 amide bonds. The second-order valence-corrected chi connectivity index (χ2v) is 6.60. The number of aromatic nitrogens is 2. The topological polar surface area (TPSA) is 93.2 Å². The number of methoxy groups -OCH3 is 1. The van der Waals surface area contributed by atoms with Crippen LogP contribution in [0, 0.1) is 0 Å². The van der Waals surface area contributed by atoms with Gasteiger partial charge < -0.3 is 10.1 Å². The van der Waals surface area contributed by atoms with Gasteiger partial charge in [-0.2, -0.15) is 0 Å². The van der Waals surface area contributed by atoms with E-state index in [1.54, 1.807) is 12.1 Å². The van der Waals surface area contributed by atoms with Crippen LogP contribution in [0.2, 0.25) is 0 Å². The predicted molar refractivity (Wildman–Crippen MR) is 81.1 cm³/mol. The lowest BCUT2D eigenvalue weighted by molar-refractivity contribution is 0.402. The van der Waals surface area contributed by atoms with Crippen LogP contribution in [0.25, 0.3) is 0 Å². The summed E-state index contributed by atoms with van der Waals surface area (Å²) in [6, 6.07) is 4.98. The largest absolute Gasteiger partial charge is 0.495 e. The highest BCUT2D eigenvalue weighted by molar-refractivity contribution is 7.93. The number of hydrogen-bond acceptors (Lipinski definition) is 7. The van der Waals surface area contributed by atoms with Gasteiger partial charge in [-0.15, -0.1) is 10.2 Å². The molecule has 0 aliphatic heterocycles. The van der Waals surface area contributed by atoms with E-state index < -0.39 is 10.0 Å². The van der Waals surface area contributed by atoms with Gasteiger partial charge in [0.2, 0.25) is 5.13 Å². The quantitative estimate of drug-likeness (QED) is 0.799. The monoisotopic (exact) mass is 328 g/mol. The Morgan fingerprint density at radius 1 is 1.38 bits per heavy atom. The second-order valence-electron chi connectivity index (χ2n) is 4.11. The van der Waals surface area contributed by atoms with Crippen LogP contribution in [0.1, 0.15) is 12.5 Å². The van der Waals surface area contributed by atoms with Crippen molar-refractivity contribution >= 4 is 26.5 Å². The molecule has 1 aromatic carbocycles. The molecule has 0 fully saturated rings. The molecule has 0 spiro atoms. The molecule has 0 radical (unpaired) electrons. The van der Waals surface area contributed by atoms with Gasteiger partial charge in [-0.25, -0.2) is 8.42 Å². The van der Waals surface area contributed by atoms with E-state index in [0.717, 1.165) is 23.4 Å². The minimum Gasteiger partial charge on any atom is -0.495 e. The van der Waals surface area contributed by atoms with Crippen molar-refractivity contribution in [1.29, 1.82) is 0 Å². The number of ether oxygens (including phenoxy) is 1. The third-order valence-corrected chi connectivity index (χ3v) is 4.79. The molecule has 0 aliphatic carbocycles. The van der Waals surface area contributed by atoms with Crippen molar-refractivity contribution in [3.05, 3.63) is 29.3 Å². The summed E-state index contributed by atoms with van der Waals surface area (Å²) in [5.74, 6) is 0.294. The Kier molecular flexibility index (Phi) is 5.10. The normalized spacial score (nSPS) is 11.3. The molecule has 114 valence electrons. The maximum absolute atomic E-state index is 12.3. The number of benzene rings is 1. The van der Waals surface area contributed by atoms with Gasteiger partial charge in [0.15, 0.2) is 0 Å². The number of nitrogens with one attached hydrogen (secondary N) is 2. The fraction of sp³-hybridized carbons (Fsp3) is 0.333. The zero-order valence-electron chi connectivity index (χ0n) is 11.7. The van der Waals surface area contributed by atoms with E-state index in [1.165, 1.54) is 18.7 Å². The van der Waals surface area contributed by atoms with Crippen molar-refractivity contribution < 1.29 is 13.2 Å². The summed E-state index contributed by atoms with van der Waals surface area (Å²) in [4.78, 5) is 0.0699. The fourth-order valence-electron chi connectivity index (χ4n) is 1.70. The summed E-state index contributed by atoms with van der Waals surface area (Å²) in [5, 5.41) is 10.7. The molecule has 0 bridgehead atoms. The molecule has 0 saturated heterocycles. The van der Waals surface area contributed by atoms with Crippen LogP contribution >= 0.6 is 11.3 Å². The van der Waals surface area contributed by atoms with E-state index in [9.17, 15) is 8.42 Å². The zero-order valence-corrected chi connectivity index (χ0v) is 13.3. The lowest BCUT2D eigenvalue weighted by atomic mass is 10.2. The molecule has 2 aromatic rings. The second kappa shape index (κ2) is 6.83. The first kappa shape index (κ1) is 15.7. The lowest BCUT2D eigenvalue weighted by Gasteiger charge is -2.11. The van der Waals surface area contributed by atoms with Crippen molar-refractivity contribution in [3.8, 4) is 5.75 Å². The van der Waals surface area contributed by atoms with Crippen LogP contribution in [-0.2, 0) is 16.6 Å². The predicted octanol–water partition coefficient (Wildman–Crippen LogP) is 1.46. The van der Waals surface area contributed by atoms with Gasteiger partial charge in [-0.1, -0.05) is 24.3 Å². The minimum atomic E-state index is -3.75. The Morgan fingerprint density at radius 3 is 2.81 bits per heavy atom. The van der Waals surface area contributed by atoms with Crippen LogP contribution in [-0.4, -0.2) is 32.3 Å². The Labute approximate surface area is 127 Å². The molecule has 1 aromatic heterocycles. The first-order chi connectivity index (χ1) is 10.1. The standard InChI is InChI=1S/C12H16N4O3S2/c1-3-13-7-9-4-5-11(10(6-9)19-2)21(17,18)16-12-15-14-8-20-12/h4-6,8,13H,3,7H2,1-2H3,(H,15,16). The molecule has 0 unspecified atom stereocenters. The van der Waals surface area contributed by atoms with Gasteiger partial charge >= 0.3 is 0 Å². The van der Waals surface area contributed by atoms with Crippen LogP contribution in [0.15, 0.2) is 28.6 Å². The highest BCUT2D eigenvalue weighted by Crippen LogP contribution is 2.27. The van der Waals surface area contributed by atoms with Gasteiger partial charge in [0.1, 0.15) is 16.2 Å². The summed E-state index contributed by atoms with van der Waals surface area (Å²) in [5.41, 5.74) is 2.40. The van der Waals surface area contributed by atoms with Crippen molar-refractivity contribution in [2.24, 2.45) is 0 Å². The third kappa shape index (κ3) is 3.90. The van der Waals surface area contributed by atoms with Crippen LogP contribution in [0.5, 0.6) is 5.75 Å². The molecule has 1 heterocycles. The highest BCUT2D eigenvalue weighted by atomic mass is 32.2. The Balaban J connectivity index is 2.29. The first-order valence-electron chi connectivity index (χ1n) is 6.23. The maximum Gasteiger partial charge on any atom is 0.267 e. The fourth-order valence-corrected chi connectivity index (χ4v) is 3.55. The molecule has 2 N–H and O–H groups in total. The highest BCUT2D eigenvalue weighted by Gasteiger charge is 2.21. The number of sulfonamides is 1. The minimum absolute atomic E-state index is 0.0699. The van der Waals surface area contributed by atoms with Crippen molar-refractivity contribution in [3.63, 3.8) is 0 Å². The molecular formula is C12H16N4O3S2. The number of rotatable bonds is 7. The Morgan fingerprint density at radius 2 is 2.19 bits per heavy atom. The lowest BCUT2D eigenvalue weighted by Crippen LogP contribution is -2.15.